The van der Waals surface area contributed by atoms with Crippen LogP contribution < -0.4 is 11.1 Å². The molecule has 0 unspecified atom stereocenters. The first kappa shape index (κ1) is 12.2. The average Bonchev–Trinajstić information content (AvgIpc) is 2.80. The SMILES string of the molecule is Nc1c(Nc2cc(F)cc(Cl)c2)ccc2scnc12. The standard InChI is InChI=1S/C13H9ClFN3S/c14-7-3-8(15)5-9(4-7)18-10-1-2-11-13(12(10)16)17-6-19-11/h1-6,18H,16H2. The first-order valence-corrected chi connectivity index (χ1v) is 6.74. The second-order valence-electron chi connectivity index (χ2n) is 4.01. The van der Waals surface area contributed by atoms with E-state index in [4.69, 9.17) is 17.3 Å². The van der Waals surface area contributed by atoms with E-state index in [1.807, 2.05) is 12.1 Å². The van der Waals surface area contributed by atoms with Crippen LogP contribution in [0.5, 0.6) is 0 Å². The van der Waals surface area contributed by atoms with Crippen molar-refractivity contribution in [3.8, 4) is 0 Å². The Bertz CT molecular complexity index is 736. The van der Waals surface area contributed by atoms with Crippen LogP contribution in [0.15, 0.2) is 35.8 Å². The van der Waals surface area contributed by atoms with Crippen molar-refractivity contribution >= 4 is 50.2 Å². The van der Waals surface area contributed by atoms with Gasteiger partial charge in [-0.1, -0.05) is 11.6 Å². The lowest BCUT2D eigenvalue weighted by molar-refractivity contribution is 0.628. The maximum Gasteiger partial charge on any atom is 0.126 e. The zero-order valence-corrected chi connectivity index (χ0v) is 11.2. The van der Waals surface area contributed by atoms with Crippen molar-refractivity contribution in [2.45, 2.75) is 0 Å². The van der Waals surface area contributed by atoms with Crippen LogP contribution in [0.4, 0.5) is 21.5 Å². The predicted octanol–water partition coefficient (Wildman–Crippen LogP) is 4.41. The van der Waals surface area contributed by atoms with E-state index in [9.17, 15) is 4.39 Å². The summed E-state index contributed by atoms with van der Waals surface area (Å²) in [5.41, 5.74) is 10.3. The lowest BCUT2D eigenvalue weighted by Crippen LogP contribution is -1.97. The Kier molecular flexibility index (Phi) is 3.00. The Morgan fingerprint density at radius 1 is 1.26 bits per heavy atom. The summed E-state index contributed by atoms with van der Waals surface area (Å²) in [7, 11) is 0. The molecule has 1 heterocycles. The van der Waals surface area contributed by atoms with Gasteiger partial charge in [-0.3, -0.25) is 0 Å². The molecule has 6 heteroatoms. The van der Waals surface area contributed by atoms with E-state index in [0.29, 0.717) is 22.1 Å². The van der Waals surface area contributed by atoms with E-state index in [1.165, 1.54) is 23.5 Å². The van der Waals surface area contributed by atoms with Crippen molar-refractivity contribution in [1.29, 1.82) is 0 Å². The van der Waals surface area contributed by atoms with Crippen LogP contribution in [0.1, 0.15) is 0 Å². The Balaban J connectivity index is 2.02. The highest BCUT2D eigenvalue weighted by molar-refractivity contribution is 7.16. The molecule has 0 aliphatic carbocycles. The highest BCUT2D eigenvalue weighted by Crippen LogP contribution is 2.32. The molecule has 96 valence electrons. The molecule has 0 radical (unpaired) electrons. The molecule has 0 atom stereocenters. The maximum atomic E-state index is 13.3. The lowest BCUT2D eigenvalue weighted by atomic mass is 10.2. The molecular formula is C13H9ClFN3S. The summed E-state index contributed by atoms with van der Waals surface area (Å²) in [5.74, 6) is -0.400. The topological polar surface area (TPSA) is 50.9 Å². The fraction of sp³-hybridized carbons (Fsp3) is 0. The minimum absolute atomic E-state index is 0.329. The first-order valence-electron chi connectivity index (χ1n) is 5.48. The van der Waals surface area contributed by atoms with Crippen molar-refractivity contribution < 1.29 is 4.39 Å². The normalized spacial score (nSPS) is 10.8. The molecule has 1 aromatic heterocycles. The third-order valence-electron chi connectivity index (χ3n) is 2.68. The number of fused-ring (bicyclic) bond motifs is 1. The number of nitrogens with one attached hydrogen (secondary N) is 1. The number of rotatable bonds is 2. The molecule has 0 amide bonds. The van der Waals surface area contributed by atoms with Gasteiger partial charge in [-0.25, -0.2) is 9.37 Å². The van der Waals surface area contributed by atoms with Crippen LogP contribution in [0.3, 0.4) is 0 Å². The average molecular weight is 294 g/mol. The zero-order valence-electron chi connectivity index (χ0n) is 9.65. The predicted molar refractivity (Wildman–Crippen MR) is 78.7 cm³/mol. The monoisotopic (exact) mass is 293 g/mol. The summed E-state index contributed by atoms with van der Waals surface area (Å²) in [6.45, 7) is 0. The zero-order chi connectivity index (χ0) is 13.4. The fourth-order valence-corrected chi connectivity index (χ4v) is 2.76. The molecule has 3 nitrogen and oxygen atoms in total. The van der Waals surface area contributed by atoms with Gasteiger partial charge in [0.05, 0.1) is 21.6 Å². The van der Waals surface area contributed by atoms with E-state index < -0.39 is 5.82 Å². The van der Waals surface area contributed by atoms with Crippen molar-refractivity contribution in [3.63, 3.8) is 0 Å². The number of hydrogen-bond acceptors (Lipinski definition) is 4. The summed E-state index contributed by atoms with van der Waals surface area (Å²) in [6.07, 6.45) is 0. The highest BCUT2D eigenvalue weighted by Gasteiger charge is 2.08. The number of thiazole rings is 1. The summed E-state index contributed by atoms with van der Waals surface area (Å²) in [5, 5.41) is 3.38. The van der Waals surface area contributed by atoms with Crippen LogP contribution in [0.2, 0.25) is 5.02 Å². The molecule has 0 fully saturated rings. The minimum atomic E-state index is -0.400. The molecule has 0 aliphatic rings. The molecule has 3 rings (SSSR count). The van der Waals surface area contributed by atoms with Crippen LogP contribution in [-0.2, 0) is 0 Å². The van der Waals surface area contributed by atoms with E-state index >= 15 is 0 Å². The Hall–Kier alpha value is -1.85. The summed E-state index contributed by atoms with van der Waals surface area (Å²) in [4.78, 5) is 4.21. The lowest BCUT2D eigenvalue weighted by Gasteiger charge is -2.10. The molecular weight excluding hydrogens is 285 g/mol. The van der Waals surface area contributed by atoms with Crippen LogP contribution in [-0.4, -0.2) is 4.98 Å². The molecule has 19 heavy (non-hydrogen) atoms. The number of nitrogen functional groups attached to an aromatic ring is 1. The number of anilines is 3. The van der Waals surface area contributed by atoms with Gasteiger partial charge in [0.2, 0.25) is 0 Å². The molecule has 0 saturated carbocycles. The maximum absolute atomic E-state index is 13.3. The first-order chi connectivity index (χ1) is 9.13. The minimum Gasteiger partial charge on any atom is -0.395 e. The third kappa shape index (κ3) is 2.34. The highest BCUT2D eigenvalue weighted by atomic mass is 35.5. The van der Waals surface area contributed by atoms with E-state index in [0.717, 1.165) is 10.2 Å². The number of nitrogens with zero attached hydrogens (tertiary/aromatic N) is 1. The van der Waals surface area contributed by atoms with Crippen molar-refractivity contribution in [3.05, 3.63) is 46.7 Å². The second-order valence-corrected chi connectivity index (χ2v) is 5.33. The summed E-state index contributed by atoms with van der Waals surface area (Å²) < 4.78 is 14.3. The third-order valence-corrected chi connectivity index (χ3v) is 3.70. The van der Waals surface area contributed by atoms with Crippen LogP contribution in [0.25, 0.3) is 10.2 Å². The number of hydrogen-bond donors (Lipinski definition) is 2. The smallest absolute Gasteiger partial charge is 0.126 e. The van der Waals surface area contributed by atoms with Crippen molar-refractivity contribution in [1.82, 2.24) is 4.98 Å². The van der Waals surface area contributed by atoms with E-state index in [-0.39, 0.29) is 0 Å². The Morgan fingerprint density at radius 3 is 2.89 bits per heavy atom. The Labute approximate surface area is 117 Å². The number of aromatic nitrogens is 1. The van der Waals surface area contributed by atoms with Gasteiger partial charge >= 0.3 is 0 Å². The summed E-state index contributed by atoms with van der Waals surface area (Å²) in [6, 6.07) is 8.01. The van der Waals surface area contributed by atoms with Crippen molar-refractivity contribution in [2.24, 2.45) is 0 Å². The number of benzene rings is 2. The summed E-state index contributed by atoms with van der Waals surface area (Å²) >= 11 is 7.33. The number of nitrogens with two attached hydrogens (primary N) is 1. The van der Waals surface area contributed by atoms with Gasteiger partial charge in [0.15, 0.2) is 0 Å². The molecule has 0 aliphatic heterocycles. The molecule has 3 N–H and O–H groups in total. The Morgan fingerprint density at radius 2 is 2.11 bits per heavy atom. The van der Waals surface area contributed by atoms with Gasteiger partial charge < -0.3 is 11.1 Å². The van der Waals surface area contributed by atoms with Gasteiger partial charge in [0.25, 0.3) is 0 Å². The van der Waals surface area contributed by atoms with Gasteiger partial charge in [-0.15, -0.1) is 11.3 Å². The quantitative estimate of drug-likeness (QED) is 0.688. The van der Waals surface area contributed by atoms with E-state index in [2.05, 4.69) is 10.3 Å². The van der Waals surface area contributed by atoms with Crippen molar-refractivity contribution in [2.75, 3.05) is 11.1 Å². The second kappa shape index (κ2) is 4.68. The molecule has 0 bridgehead atoms. The number of halogens is 2. The van der Waals surface area contributed by atoms with Gasteiger partial charge in [0.1, 0.15) is 11.3 Å². The van der Waals surface area contributed by atoms with Gasteiger partial charge in [0, 0.05) is 10.7 Å². The van der Waals surface area contributed by atoms with Crippen LogP contribution >= 0.6 is 22.9 Å². The fourth-order valence-electron chi connectivity index (χ4n) is 1.84. The van der Waals surface area contributed by atoms with Gasteiger partial charge in [-0.05, 0) is 30.3 Å². The van der Waals surface area contributed by atoms with Gasteiger partial charge in [-0.2, -0.15) is 0 Å². The van der Waals surface area contributed by atoms with Crippen LogP contribution in [0, 0.1) is 5.82 Å². The van der Waals surface area contributed by atoms with E-state index in [1.54, 1.807) is 11.6 Å². The molecule has 2 aromatic carbocycles. The molecule has 3 aromatic rings. The largest absolute Gasteiger partial charge is 0.395 e. The molecule has 0 saturated heterocycles. The molecule has 0 spiro atoms.